The van der Waals surface area contributed by atoms with Gasteiger partial charge in [0.15, 0.2) is 5.71 Å². The minimum Gasteiger partial charge on any atom is -1.00 e. The van der Waals surface area contributed by atoms with E-state index in [2.05, 4.69) is 128 Å². The summed E-state index contributed by atoms with van der Waals surface area (Å²) in [4.78, 5) is 14.2. The first kappa shape index (κ1) is 31.4. The van der Waals surface area contributed by atoms with Crippen LogP contribution in [0.15, 0.2) is 84.6 Å². The maximum Gasteiger partial charge on any atom is 0.219 e. The SMILES string of the molecule is CCNC(=O)CCCCC[N+]1=C(/C=C/C=C/C=C2/N(CC)c3ccccc3C2(C)C)C(C)(C)c2ccccc21.[Cl-]. The van der Waals surface area contributed by atoms with Crippen molar-refractivity contribution in [3.63, 3.8) is 0 Å². The van der Waals surface area contributed by atoms with Gasteiger partial charge in [0.1, 0.15) is 6.54 Å². The number of rotatable bonds is 11. The monoisotopic (exact) mass is 559 g/mol. The third-order valence-corrected chi connectivity index (χ3v) is 8.30. The lowest BCUT2D eigenvalue weighted by Crippen LogP contribution is -3.00. The lowest BCUT2D eigenvalue weighted by Gasteiger charge is -2.25. The number of unbranched alkanes of at least 4 members (excludes halogenated alkanes) is 2. The summed E-state index contributed by atoms with van der Waals surface area (Å²) in [6.45, 7) is 16.1. The molecule has 0 saturated carbocycles. The Morgan fingerprint density at radius 2 is 1.57 bits per heavy atom. The number of carbonyl (C=O) groups is 1. The van der Waals surface area contributed by atoms with E-state index in [1.54, 1.807) is 0 Å². The zero-order valence-electron chi connectivity index (χ0n) is 25.1. The van der Waals surface area contributed by atoms with Gasteiger partial charge in [0.25, 0.3) is 0 Å². The summed E-state index contributed by atoms with van der Waals surface area (Å²) in [6, 6.07) is 17.5. The maximum atomic E-state index is 11.8. The van der Waals surface area contributed by atoms with Crippen molar-refractivity contribution in [1.82, 2.24) is 5.32 Å². The van der Waals surface area contributed by atoms with E-state index in [4.69, 9.17) is 0 Å². The van der Waals surface area contributed by atoms with E-state index in [0.29, 0.717) is 13.0 Å². The molecule has 2 heterocycles. The van der Waals surface area contributed by atoms with Gasteiger partial charge >= 0.3 is 0 Å². The topological polar surface area (TPSA) is 35.4 Å². The number of nitrogens with zero attached hydrogens (tertiary/aromatic N) is 2. The molecular weight excluding hydrogens is 514 g/mol. The van der Waals surface area contributed by atoms with Gasteiger partial charge in [-0.1, -0.05) is 68.5 Å². The molecule has 0 aliphatic carbocycles. The van der Waals surface area contributed by atoms with Crippen molar-refractivity contribution in [1.29, 1.82) is 0 Å². The molecule has 1 N–H and O–H groups in total. The van der Waals surface area contributed by atoms with Gasteiger partial charge in [-0.15, -0.1) is 0 Å². The molecule has 40 heavy (non-hydrogen) atoms. The molecule has 2 aliphatic heterocycles. The van der Waals surface area contributed by atoms with Crippen molar-refractivity contribution in [2.75, 3.05) is 24.5 Å². The van der Waals surface area contributed by atoms with Crippen molar-refractivity contribution < 1.29 is 21.8 Å². The summed E-state index contributed by atoms with van der Waals surface area (Å²) in [5.74, 6) is 0.161. The highest BCUT2D eigenvalue weighted by atomic mass is 35.5. The first-order valence-corrected chi connectivity index (χ1v) is 14.7. The van der Waals surface area contributed by atoms with Crippen molar-refractivity contribution in [2.45, 2.75) is 78.1 Å². The molecule has 2 aromatic carbocycles. The van der Waals surface area contributed by atoms with Gasteiger partial charge in [-0.05, 0) is 58.2 Å². The van der Waals surface area contributed by atoms with Crippen molar-refractivity contribution in [3.05, 3.63) is 95.7 Å². The van der Waals surface area contributed by atoms with E-state index >= 15 is 0 Å². The van der Waals surface area contributed by atoms with Crippen LogP contribution in [0.5, 0.6) is 0 Å². The van der Waals surface area contributed by atoms with Gasteiger partial charge in [0, 0.05) is 60.4 Å². The molecule has 0 unspecified atom stereocenters. The molecule has 0 spiro atoms. The number of anilines is 1. The third-order valence-electron chi connectivity index (χ3n) is 8.30. The fourth-order valence-electron chi connectivity index (χ4n) is 6.24. The predicted octanol–water partition coefficient (Wildman–Crippen LogP) is 4.58. The van der Waals surface area contributed by atoms with Crippen molar-refractivity contribution >= 4 is 23.0 Å². The summed E-state index contributed by atoms with van der Waals surface area (Å²) in [5.41, 5.74) is 7.99. The van der Waals surface area contributed by atoms with Crippen LogP contribution in [0.2, 0.25) is 0 Å². The zero-order chi connectivity index (χ0) is 28.0. The summed E-state index contributed by atoms with van der Waals surface area (Å²) >= 11 is 0. The molecule has 0 bridgehead atoms. The van der Waals surface area contributed by atoms with Gasteiger partial charge in [-0.3, -0.25) is 4.79 Å². The maximum absolute atomic E-state index is 11.8. The van der Waals surface area contributed by atoms with Gasteiger partial charge in [0.2, 0.25) is 11.6 Å². The number of halogens is 1. The second-order valence-electron chi connectivity index (χ2n) is 11.6. The molecule has 1 amide bonds. The minimum absolute atomic E-state index is 0. The van der Waals surface area contributed by atoms with Gasteiger partial charge < -0.3 is 22.6 Å². The van der Waals surface area contributed by atoms with Crippen molar-refractivity contribution in [3.8, 4) is 0 Å². The summed E-state index contributed by atoms with van der Waals surface area (Å²) in [7, 11) is 0. The fraction of sp³-hybridized carbons (Fsp3) is 0.429. The second kappa shape index (κ2) is 13.5. The van der Waals surface area contributed by atoms with E-state index in [0.717, 1.165) is 32.4 Å². The zero-order valence-corrected chi connectivity index (χ0v) is 25.9. The molecule has 2 aromatic rings. The van der Waals surface area contributed by atoms with Crippen LogP contribution in [-0.2, 0) is 15.6 Å². The Morgan fingerprint density at radius 3 is 2.30 bits per heavy atom. The second-order valence-corrected chi connectivity index (χ2v) is 11.6. The Bertz CT molecular complexity index is 1320. The molecule has 5 heteroatoms. The third kappa shape index (κ3) is 6.28. The molecule has 2 aliphatic rings. The number of likely N-dealkylation sites (N-methyl/N-ethyl adjacent to an activating group) is 1. The molecule has 0 fully saturated rings. The molecule has 4 rings (SSSR count). The number of allylic oxidation sites excluding steroid dienone is 6. The smallest absolute Gasteiger partial charge is 0.219 e. The molecular formula is C35H46ClN3O. The normalized spacial score (nSPS) is 17.9. The van der Waals surface area contributed by atoms with Crippen LogP contribution in [-0.4, -0.2) is 35.8 Å². The van der Waals surface area contributed by atoms with Crippen LogP contribution in [0.4, 0.5) is 11.4 Å². The number of benzene rings is 2. The molecule has 0 aromatic heterocycles. The van der Waals surface area contributed by atoms with Crippen LogP contribution in [0.3, 0.4) is 0 Å². The Labute approximate surface area is 248 Å². The largest absolute Gasteiger partial charge is 1.00 e. The quantitative estimate of drug-likeness (QED) is 0.248. The number of hydrogen-bond acceptors (Lipinski definition) is 2. The lowest BCUT2D eigenvalue weighted by atomic mass is 9.81. The highest BCUT2D eigenvalue weighted by molar-refractivity contribution is 6.03. The van der Waals surface area contributed by atoms with E-state index in [9.17, 15) is 4.79 Å². The van der Waals surface area contributed by atoms with Crippen LogP contribution in [0.25, 0.3) is 0 Å². The van der Waals surface area contributed by atoms with E-state index in [1.807, 2.05) is 6.92 Å². The first-order valence-electron chi connectivity index (χ1n) is 14.7. The summed E-state index contributed by atoms with van der Waals surface area (Å²) in [5, 5.41) is 2.90. The van der Waals surface area contributed by atoms with E-state index in [1.165, 1.54) is 33.9 Å². The minimum atomic E-state index is -0.0610. The highest BCUT2D eigenvalue weighted by Crippen LogP contribution is 2.47. The average Bonchev–Trinajstić information content (AvgIpc) is 3.27. The predicted molar refractivity (Wildman–Crippen MR) is 165 cm³/mol. The van der Waals surface area contributed by atoms with Gasteiger partial charge in [-0.25, -0.2) is 0 Å². The fourth-order valence-corrected chi connectivity index (χ4v) is 6.24. The Hall–Kier alpha value is -3.11. The first-order chi connectivity index (χ1) is 18.7. The Kier molecular flexibility index (Phi) is 10.6. The number of para-hydroxylation sites is 2. The summed E-state index contributed by atoms with van der Waals surface area (Å²) in [6.07, 6.45) is 14.8. The summed E-state index contributed by atoms with van der Waals surface area (Å²) < 4.78 is 2.49. The molecule has 4 nitrogen and oxygen atoms in total. The van der Waals surface area contributed by atoms with Gasteiger partial charge in [-0.2, -0.15) is 4.58 Å². The van der Waals surface area contributed by atoms with Crippen LogP contribution < -0.4 is 22.6 Å². The highest BCUT2D eigenvalue weighted by Gasteiger charge is 2.43. The number of amides is 1. The van der Waals surface area contributed by atoms with Crippen LogP contribution >= 0.6 is 0 Å². The van der Waals surface area contributed by atoms with Gasteiger partial charge in [0.05, 0.1) is 5.41 Å². The molecule has 214 valence electrons. The molecule has 0 saturated heterocycles. The number of nitrogens with one attached hydrogen (secondary N) is 1. The van der Waals surface area contributed by atoms with E-state index < -0.39 is 0 Å². The van der Waals surface area contributed by atoms with E-state index in [-0.39, 0.29) is 29.1 Å². The Balaban J connectivity index is 0.00000441. The number of fused-ring (bicyclic) bond motifs is 2. The average molecular weight is 560 g/mol. The Morgan fingerprint density at radius 1 is 0.875 bits per heavy atom. The van der Waals surface area contributed by atoms with Crippen molar-refractivity contribution in [2.24, 2.45) is 0 Å². The van der Waals surface area contributed by atoms with Crippen LogP contribution in [0.1, 0.15) is 78.4 Å². The number of hydrogen-bond donors (Lipinski definition) is 1. The molecule has 0 atom stereocenters. The number of carbonyl (C=O) groups excluding carboxylic acids is 1. The van der Waals surface area contributed by atoms with Crippen LogP contribution in [0, 0.1) is 0 Å². The molecule has 0 radical (unpaired) electrons. The lowest BCUT2D eigenvalue weighted by molar-refractivity contribution is -0.438. The standard InChI is InChI=1S/C35H45N3O.ClH/c1-7-36-33(39)25-13-10-18-26-38-30-22-17-15-20-28(30)35(5,6)32(38)24-12-9-11-23-31-34(3,4)27-19-14-16-21-29(27)37(31)8-2;/h9,11-12,14-17,19-24H,7-8,10,13,18,25-26H2,1-6H3;1H.